The fourth-order valence-electron chi connectivity index (χ4n) is 2.24. The SMILES string of the molecule is C=CCOc1ccccc1/C=C(\C#N)C(=O)Nc1cc(C)ccc1C. The maximum Gasteiger partial charge on any atom is 0.266 e. The van der Waals surface area contributed by atoms with E-state index < -0.39 is 5.91 Å². The smallest absolute Gasteiger partial charge is 0.266 e. The van der Waals surface area contributed by atoms with E-state index in [1.165, 1.54) is 6.08 Å². The van der Waals surface area contributed by atoms with Crippen molar-refractivity contribution in [2.24, 2.45) is 0 Å². The van der Waals surface area contributed by atoms with Crippen LogP contribution in [-0.2, 0) is 4.79 Å². The van der Waals surface area contributed by atoms with E-state index in [-0.39, 0.29) is 5.57 Å². The lowest BCUT2D eigenvalue weighted by Crippen LogP contribution is -2.14. The van der Waals surface area contributed by atoms with E-state index in [1.54, 1.807) is 18.2 Å². The molecule has 0 saturated carbocycles. The molecule has 1 N–H and O–H groups in total. The van der Waals surface area contributed by atoms with Gasteiger partial charge in [0.15, 0.2) is 0 Å². The highest BCUT2D eigenvalue weighted by atomic mass is 16.5. The summed E-state index contributed by atoms with van der Waals surface area (Å²) in [6.07, 6.45) is 3.16. The van der Waals surface area contributed by atoms with Gasteiger partial charge in [0.25, 0.3) is 5.91 Å². The number of benzene rings is 2. The Hall–Kier alpha value is -3.32. The number of para-hydroxylation sites is 1. The number of hydrogen-bond acceptors (Lipinski definition) is 3. The monoisotopic (exact) mass is 332 g/mol. The first kappa shape index (κ1) is 18.0. The summed E-state index contributed by atoms with van der Waals surface area (Å²) in [6.45, 7) is 7.82. The molecule has 0 unspecified atom stereocenters. The van der Waals surface area contributed by atoms with E-state index in [0.717, 1.165) is 11.1 Å². The second kappa shape index (κ2) is 8.51. The number of rotatable bonds is 6. The zero-order valence-corrected chi connectivity index (χ0v) is 14.4. The lowest BCUT2D eigenvalue weighted by Gasteiger charge is -2.10. The summed E-state index contributed by atoms with van der Waals surface area (Å²) in [6, 6.07) is 15.0. The van der Waals surface area contributed by atoms with Crippen LogP contribution in [0.5, 0.6) is 5.75 Å². The van der Waals surface area contributed by atoms with Gasteiger partial charge in [0.1, 0.15) is 24.0 Å². The lowest BCUT2D eigenvalue weighted by molar-refractivity contribution is -0.112. The van der Waals surface area contributed by atoms with Crippen molar-refractivity contribution in [3.63, 3.8) is 0 Å². The Kier molecular flexibility index (Phi) is 6.14. The fourth-order valence-corrected chi connectivity index (χ4v) is 2.24. The first-order chi connectivity index (χ1) is 12.0. The minimum Gasteiger partial charge on any atom is -0.489 e. The predicted octanol–water partition coefficient (Wildman–Crippen LogP) is 4.41. The van der Waals surface area contributed by atoms with Crippen LogP contribution in [0.2, 0.25) is 0 Å². The summed E-state index contributed by atoms with van der Waals surface area (Å²) in [5.74, 6) is 0.143. The Morgan fingerprint density at radius 1 is 1.28 bits per heavy atom. The van der Waals surface area contributed by atoms with Crippen molar-refractivity contribution in [3.8, 4) is 11.8 Å². The maximum atomic E-state index is 12.5. The predicted molar refractivity (Wildman–Crippen MR) is 100 cm³/mol. The highest BCUT2D eigenvalue weighted by Crippen LogP contribution is 2.22. The van der Waals surface area contributed by atoms with E-state index in [9.17, 15) is 10.1 Å². The first-order valence-electron chi connectivity index (χ1n) is 7.88. The zero-order valence-electron chi connectivity index (χ0n) is 14.4. The van der Waals surface area contributed by atoms with Crippen LogP contribution in [-0.4, -0.2) is 12.5 Å². The van der Waals surface area contributed by atoms with Gasteiger partial charge in [-0.15, -0.1) is 0 Å². The van der Waals surface area contributed by atoms with E-state index in [0.29, 0.717) is 23.6 Å². The molecule has 25 heavy (non-hydrogen) atoms. The highest BCUT2D eigenvalue weighted by molar-refractivity contribution is 6.10. The molecule has 4 nitrogen and oxygen atoms in total. The molecule has 0 spiro atoms. The molecule has 2 aromatic carbocycles. The van der Waals surface area contributed by atoms with Crippen molar-refractivity contribution in [2.45, 2.75) is 13.8 Å². The van der Waals surface area contributed by atoms with Gasteiger partial charge < -0.3 is 10.1 Å². The van der Waals surface area contributed by atoms with Crippen LogP contribution in [0.25, 0.3) is 6.08 Å². The number of carbonyl (C=O) groups excluding carboxylic acids is 1. The minimum atomic E-state index is -0.449. The molecule has 0 aliphatic rings. The molecule has 1 amide bonds. The number of amides is 1. The number of nitrogens with zero attached hydrogens (tertiary/aromatic N) is 1. The molecule has 4 heteroatoms. The number of anilines is 1. The lowest BCUT2D eigenvalue weighted by atomic mass is 10.1. The first-order valence-corrected chi connectivity index (χ1v) is 7.88. The van der Waals surface area contributed by atoms with Crippen molar-refractivity contribution in [1.82, 2.24) is 0 Å². The number of carbonyl (C=O) groups is 1. The molecule has 2 rings (SSSR count). The third kappa shape index (κ3) is 4.82. The van der Waals surface area contributed by atoms with Gasteiger partial charge in [0.2, 0.25) is 0 Å². The number of aryl methyl sites for hydroxylation is 2. The van der Waals surface area contributed by atoms with Gasteiger partial charge in [-0.1, -0.05) is 43.0 Å². The Bertz CT molecular complexity index is 860. The summed E-state index contributed by atoms with van der Waals surface area (Å²) in [4.78, 5) is 12.5. The number of ether oxygens (including phenoxy) is 1. The average molecular weight is 332 g/mol. The van der Waals surface area contributed by atoms with Crippen molar-refractivity contribution in [2.75, 3.05) is 11.9 Å². The molecular weight excluding hydrogens is 312 g/mol. The van der Waals surface area contributed by atoms with Crippen LogP contribution < -0.4 is 10.1 Å². The van der Waals surface area contributed by atoms with Crippen molar-refractivity contribution in [3.05, 3.63) is 77.4 Å². The van der Waals surface area contributed by atoms with Crippen LogP contribution in [0.1, 0.15) is 16.7 Å². The van der Waals surface area contributed by atoms with Crippen molar-refractivity contribution in [1.29, 1.82) is 5.26 Å². The minimum absolute atomic E-state index is 0.00978. The number of nitrogens with one attached hydrogen (secondary N) is 1. The summed E-state index contributed by atoms with van der Waals surface area (Å²) < 4.78 is 5.56. The molecule has 0 heterocycles. The van der Waals surface area contributed by atoms with Gasteiger partial charge >= 0.3 is 0 Å². The molecule has 0 aliphatic carbocycles. The summed E-state index contributed by atoms with van der Waals surface area (Å²) >= 11 is 0. The van der Waals surface area contributed by atoms with Gasteiger partial charge in [-0.25, -0.2) is 0 Å². The Balaban J connectivity index is 2.28. The molecule has 2 aromatic rings. The summed E-state index contributed by atoms with van der Waals surface area (Å²) in [7, 11) is 0. The van der Waals surface area contributed by atoms with Crippen LogP contribution in [0, 0.1) is 25.2 Å². The average Bonchev–Trinajstić information content (AvgIpc) is 2.61. The maximum absolute atomic E-state index is 12.5. The quantitative estimate of drug-likeness (QED) is 0.484. The van der Waals surface area contributed by atoms with Gasteiger partial charge in [-0.2, -0.15) is 5.26 Å². The van der Waals surface area contributed by atoms with Crippen LogP contribution >= 0.6 is 0 Å². The normalized spacial score (nSPS) is 10.7. The Labute approximate surface area is 148 Å². The topological polar surface area (TPSA) is 62.1 Å². The van der Waals surface area contributed by atoms with Crippen LogP contribution in [0.4, 0.5) is 5.69 Å². The Morgan fingerprint density at radius 3 is 2.76 bits per heavy atom. The van der Waals surface area contributed by atoms with Crippen LogP contribution in [0.3, 0.4) is 0 Å². The van der Waals surface area contributed by atoms with Crippen LogP contribution in [0.15, 0.2) is 60.7 Å². The van der Waals surface area contributed by atoms with E-state index in [2.05, 4.69) is 11.9 Å². The summed E-state index contributed by atoms with van der Waals surface area (Å²) in [5, 5.41) is 12.2. The third-order valence-corrected chi connectivity index (χ3v) is 3.58. The third-order valence-electron chi connectivity index (χ3n) is 3.58. The highest BCUT2D eigenvalue weighted by Gasteiger charge is 2.12. The number of nitriles is 1. The molecule has 0 aromatic heterocycles. The zero-order chi connectivity index (χ0) is 18.2. The standard InChI is InChI=1S/C21H20N2O2/c1-4-11-25-20-8-6-5-7-17(20)13-18(14-22)21(24)23-19-12-15(2)9-10-16(19)3/h4-10,12-13H,1,11H2,2-3H3,(H,23,24)/b18-13+. The van der Waals surface area contributed by atoms with Gasteiger partial charge in [-0.05, 0) is 43.2 Å². The van der Waals surface area contributed by atoms with E-state index in [1.807, 2.05) is 50.2 Å². The molecule has 0 saturated heterocycles. The number of hydrogen-bond donors (Lipinski definition) is 1. The second-order valence-electron chi connectivity index (χ2n) is 5.58. The molecule has 0 bridgehead atoms. The van der Waals surface area contributed by atoms with Gasteiger partial charge in [0.05, 0.1) is 0 Å². The molecule has 0 radical (unpaired) electrons. The molecule has 0 atom stereocenters. The molecular formula is C21H20N2O2. The van der Waals surface area contributed by atoms with E-state index >= 15 is 0 Å². The fraction of sp³-hybridized carbons (Fsp3) is 0.143. The van der Waals surface area contributed by atoms with Gasteiger partial charge in [0, 0.05) is 11.3 Å². The molecule has 126 valence electrons. The van der Waals surface area contributed by atoms with Gasteiger partial charge in [-0.3, -0.25) is 4.79 Å². The van der Waals surface area contributed by atoms with Crippen molar-refractivity contribution >= 4 is 17.7 Å². The largest absolute Gasteiger partial charge is 0.489 e. The second-order valence-corrected chi connectivity index (χ2v) is 5.58. The molecule has 0 aliphatic heterocycles. The van der Waals surface area contributed by atoms with Crippen molar-refractivity contribution < 1.29 is 9.53 Å². The molecule has 0 fully saturated rings. The summed E-state index contributed by atoms with van der Waals surface area (Å²) in [5.41, 5.74) is 3.34. The van der Waals surface area contributed by atoms with E-state index in [4.69, 9.17) is 4.74 Å². The Morgan fingerprint density at radius 2 is 2.04 bits per heavy atom.